The summed E-state index contributed by atoms with van der Waals surface area (Å²) in [7, 11) is 0. The molecule has 0 saturated heterocycles. The first-order chi connectivity index (χ1) is 10.4. The molecule has 0 radical (unpaired) electrons. The van der Waals surface area contributed by atoms with Crippen molar-refractivity contribution in [3.8, 4) is 0 Å². The van der Waals surface area contributed by atoms with Gasteiger partial charge in [-0.25, -0.2) is 0 Å². The number of rotatable bonds is 0. The molecule has 0 atom stereocenters. The van der Waals surface area contributed by atoms with Crippen LogP contribution in [0.25, 0.3) is 21.9 Å². The summed E-state index contributed by atoms with van der Waals surface area (Å²) in [5.41, 5.74) is 5.24. The molecule has 0 fully saturated rings. The second kappa shape index (κ2) is 5.47. The first-order valence-electron chi connectivity index (χ1n) is 6.73. The maximum absolute atomic E-state index is 3.89. The zero-order valence-electron chi connectivity index (χ0n) is 11.2. The first-order valence-corrected chi connectivity index (χ1v) is 8.49. The van der Waals surface area contributed by atoms with Crippen molar-refractivity contribution in [2.75, 3.05) is 5.75 Å². The van der Waals surface area contributed by atoms with Gasteiger partial charge in [0, 0.05) is 10.7 Å². The van der Waals surface area contributed by atoms with Crippen LogP contribution in [0.5, 0.6) is 0 Å². The van der Waals surface area contributed by atoms with E-state index >= 15 is 0 Å². The molecule has 3 aromatic rings. The van der Waals surface area contributed by atoms with Crippen LogP contribution in [-0.4, -0.2) is 15.3 Å². The summed E-state index contributed by atoms with van der Waals surface area (Å²) in [5.74, 6) is 1.15. The number of fused-ring (bicyclic) bond motifs is 4. The quantitative estimate of drug-likeness (QED) is 0.593. The van der Waals surface area contributed by atoms with E-state index < -0.39 is 0 Å². The van der Waals surface area contributed by atoms with Gasteiger partial charge in [0.2, 0.25) is 0 Å². The SMILES string of the molecule is C1=C2SCC=C2c2ccccc21.c1ccc2snnc2c1. The average molecular weight is 308 g/mol. The van der Waals surface area contributed by atoms with Crippen LogP contribution in [0.2, 0.25) is 0 Å². The van der Waals surface area contributed by atoms with Crippen LogP contribution in [0.3, 0.4) is 0 Å². The van der Waals surface area contributed by atoms with Gasteiger partial charge in [-0.05, 0) is 46.4 Å². The van der Waals surface area contributed by atoms with Crippen LogP contribution in [0.15, 0.2) is 59.5 Å². The summed E-state index contributed by atoms with van der Waals surface area (Å²) in [6, 6.07) is 16.5. The smallest absolute Gasteiger partial charge is 0.105 e. The molecule has 2 nitrogen and oxygen atoms in total. The minimum Gasteiger partial charge on any atom is -0.138 e. The maximum atomic E-state index is 3.89. The molecule has 2 aliphatic rings. The Morgan fingerprint density at radius 3 is 2.76 bits per heavy atom. The van der Waals surface area contributed by atoms with Gasteiger partial charge in [0.05, 0.1) is 4.70 Å². The summed E-state index contributed by atoms with van der Waals surface area (Å²) in [6.07, 6.45) is 4.61. The molecule has 21 heavy (non-hydrogen) atoms. The van der Waals surface area contributed by atoms with Crippen molar-refractivity contribution in [3.05, 3.63) is 70.6 Å². The summed E-state index contributed by atoms with van der Waals surface area (Å²) < 4.78 is 4.94. The number of benzene rings is 2. The van der Waals surface area contributed by atoms with E-state index in [1.165, 1.54) is 33.1 Å². The van der Waals surface area contributed by atoms with E-state index in [0.29, 0.717) is 0 Å². The van der Waals surface area contributed by atoms with Crippen LogP contribution in [0.1, 0.15) is 11.1 Å². The number of thioether (sulfide) groups is 1. The first kappa shape index (κ1) is 12.8. The Labute approximate surface area is 131 Å². The van der Waals surface area contributed by atoms with Crippen molar-refractivity contribution in [1.82, 2.24) is 9.59 Å². The molecule has 1 aliphatic heterocycles. The number of allylic oxidation sites excluding steroid dienone is 1. The monoisotopic (exact) mass is 308 g/mol. The lowest BCUT2D eigenvalue weighted by Gasteiger charge is -1.97. The molecule has 0 N–H and O–H groups in total. The molecule has 2 aromatic carbocycles. The van der Waals surface area contributed by atoms with E-state index in [4.69, 9.17) is 0 Å². The number of hydrogen-bond acceptors (Lipinski definition) is 4. The molecule has 0 spiro atoms. The highest BCUT2D eigenvalue weighted by molar-refractivity contribution is 8.04. The third-order valence-electron chi connectivity index (χ3n) is 3.48. The Balaban J connectivity index is 0.000000115. The van der Waals surface area contributed by atoms with Crippen molar-refractivity contribution in [1.29, 1.82) is 0 Å². The lowest BCUT2D eigenvalue weighted by Crippen LogP contribution is -1.78. The maximum Gasteiger partial charge on any atom is 0.105 e. The normalized spacial score (nSPS) is 14.9. The van der Waals surface area contributed by atoms with Gasteiger partial charge in [-0.1, -0.05) is 47.0 Å². The third-order valence-corrected chi connectivity index (χ3v) is 5.17. The van der Waals surface area contributed by atoms with Gasteiger partial charge < -0.3 is 0 Å². The van der Waals surface area contributed by atoms with Gasteiger partial charge in [0.25, 0.3) is 0 Å². The molecule has 0 saturated carbocycles. The van der Waals surface area contributed by atoms with E-state index in [9.17, 15) is 0 Å². The van der Waals surface area contributed by atoms with Gasteiger partial charge in [0.15, 0.2) is 0 Å². The summed E-state index contributed by atoms with van der Waals surface area (Å²) >= 11 is 3.36. The standard InChI is InChI=1S/C11H8S.C6H4N2S/c1-2-4-9-8(3-1)7-11-10(9)5-6-12-11;1-2-4-6-5(3-1)7-8-9-6/h1-5,7H,6H2;1-4H. The Bertz CT molecular complexity index is 832. The van der Waals surface area contributed by atoms with E-state index in [0.717, 1.165) is 16.0 Å². The van der Waals surface area contributed by atoms with E-state index in [2.05, 4.69) is 46.0 Å². The van der Waals surface area contributed by atoms with Gasteiger partial charge in [-0.2, -0.15) is 0 Å². The second-order valence-corrected chi connectivity index (χ2v) is 6.61. The van der Waals surface area contributed by atoms with Gasteiger partial charge in [-0.15, -0.1) is 16.9 Å². The number of nitrogens with zero attached hydrogens (tertiary/aromatic N) is 2. The molecular formula is C17H12N2S2. The van der Waals surface area contributed by atoms with Crippen molar-refractivity contribution >= 4 is 45.2 Å². The predicted molar refractivity (Wildman–Crippen MR) is 92.3 cm³/mol. The molecule has 5 rings (SSSR count). The highest BCUT2D eigenvalue weighted by atomic mass is 32.2. The number of hydrogen-bond donors (Lipinski definition) is 0. The Morgan fingerprint density at radius 2 is 1.81 bits per heavy atom. The van der Waals surface area contributed by atoms with Crippen LogP contribution in [-0.2, 0) is 0 Å². The molecule has 4 heteroatoms. The zero-order valence-corrected chi connectivity index (χ0v) is 12.8. The fourth-order valence-electron chi connectivity index (χ4n) is 2.49. The molecule has 102 valence electrons. The molecule has 1 aromatic heterocycles. The molecule has 2 heterocycles. The van der Waals surface area contributed by atoms with Crippen LogP contribution in [0.4, 0.5) is 0 Å². The lowest BCUT2D eigenvalue weighted by molar-refractivity contribution is 1.20. The molecule has 1 aliphatic carbocycles. The second-order valence-electron chi connectivity index (χ2n) is 4.77. The Kier molecular flexibility index (Phi) is 3.33. The van der Waals surface area contributed by atoms with Crippen molar-refractivity contribution < 1.29 is 0 Å². The predicted octanol–water partition coefficient (Wildman–Crippen LogP) is 4.86. The molecule has 0 amide bonds. The summed E-state index contributed by atoms with van der Waals surface area (Å²) in [4.78, 5) is 1.45. The van der Waals surface area contributed by atoms with Crippen molar-refractivity contribution in [3.63, 3.8) is 0 Å². The van der Waals surface area contributed by atoms with E-state index in [1.807, 2.05) is 36.0 Å². The van der Waals surface area contributed by atoms with Gasteiger partial charge in [0.1, 0.15) is 5.52 Å². The van der Waals surface area contributed by atoms with Crippen LogP contribution in [0, 0.1) is 0 Å². The fourth-order valence-corrected chi connectivity index (χ4v) is 4.04. The van der Waals surface area contributed by atoms with E-state index in [-0.39, 0.29) is 0 Å². The van der Waals surface area contributed by atoms with Crippen molar-refractivity contribution in [2.45, 2.75) is 0 Å². The number of aromatic nitrogens is 2. The fraction of sp³-hybridized carbons (Fsp3) is 0.0588. The van der Waals surface area contributed by atoms with Crippen molar-refractivity contribution in [2.24, 2.45) is 0 Å². The molecule has 0 bridgehead atoms. The average Bonchev–Trinajstić information content (AvgIpc) is 3.23. The minimum atomic E-state index is 0.988. The summed E-state index contributed by atoms with van der Waals surface area (Å²) in [5, 5.41) is 3.89. The lowest BCUT2D eigenvalue weighted by atomic mass is 10.1. The highest BCUT2D eigenvalue weighted by Gasteiger charge is 2.21. The largest absolute Gasteiger partial charge is 0.138 e. The Hall–Kier alpha value is -1.91. The summed E-state index contributed by atoms with van der Waals surface area (Å²) in [6.45, 7) is 0. The third kappa shape index (κ3) is 2.41. The van der Waals surface area contributed by atoms with Gasteiger partial charge >= 0.3 is 0 Å². The van der Waals surface area contributed by atoms with Crippen LogP contribution < -0.4 is 0 Å². The van der Waals surface area contributed by atoms with Gasteiger partial charge in [-0.3, -0.25) is 0 Å². The van der Waals surface area contributed by atoms with E-state index in [1.54, 1.807) is 0 Å². The minimum absolute atomic E-state index is 0.988. The molecule has 0 unspecified atom stereocenters. The van der Waals surface area contributed by atoms with Crippen LogP contribution >= 0.6 is 23.3 Å². The molecular weight excluding hydrogens is 296 g/mol. The highest BCUT2D eigenvalue weighted by Crippen LogP contribution is 2.45. The zero-order chi connectivity index (χ0) is 14.1. The Morgan fingerprint density at radius 1 is 0.952 bits per heavy atom. The topological polar surface area (TPSA) is 25.8 Å².